The maximum Gasteiger partial charge on any atom is 0.338 e. The van der Waals surface area contributed by atoms with Crippen molar-refractivity contribution in [2.75, 3.05) is 13.7 Å². The summed E-state index contributed by atoms with van der Waals surface area (Å²) in [5.41, 5.74) is 4.19. The first-order chi connectivity index (χ1) is 14.8. The topological polar surface area (TPSA) is 71.0 Å². The molecule has 2 aliphatic heterocycles. The summed E-state index contributed by atoms with van der Waals surface area (Å²) < 4.78 is 5.15. The maximum absolute atomic E-state index is 12.8. The molecule has 6 nitrogen and oxygen atoms in total. The number of thioether (sulfide) groups is 1. The van der Waals surface area contributed by atoms with E-state index >= 15 is 0 Å². The van der Waals surface area contributed by atoms with Gasteiger partial charge in [0, 0.05) is 12.2 Å². The van der Waals surface area contributed by atoms with Crippen molar-refractivity contribution in [1.29, 1.82) is 0 Å². The van der Waals surface area contributed by atoms with Crippen molar-refractivity contribution in [3.63, 3.8) is 0 Å². The van der Waals surface area contributed by atoms with Crippen LogP contribution in [0.25, 0.3) is 0 Å². The lowest BCUT2D eigenvalue weighted by molar-refractivity contribution is -0.136. The Kier molecular flexibility index (Phi) is 7.59. The van der Waals surface area contributed by atoms with Crippen LogP contribution < -0.4 is 5.32 Å². The van der Waals surface area contributed by atoms with E-state index in [0.717, 1.165) is 34.1 Å². The number of hydrogen-bond acceptors (Lipinski definition) is 6. The second kappa shape index (κ2) is 10.2. The SMILES string of the molecule is CCC1=C(C(=O)OC)[C@H](c2cccc(C)c2)N2C(CC(=O)NCCC(C)C)=CSC2=N1. The van der Waals surface area contributed by atoms with E-state index in [9.17, 15) is 9.59 Å². The quantitative estimate of drug-likeness (QED) is 0.593. The van der Waals surface area contributed by atoms with Crippen molar-refractivity contribution in [3.8, 4) is 0 Å². The van der Waals surface area contributed by atoms with Gasteiger partial charge in [-0.15, -0.1) is 0 Å². The van der Waals surface area contributed by atoms with E-state index in [1.807, 2.05) is 42.4 Å². The molecule has 0 aliphatic carbocycles. The standard InChI is InChI=1S/C24H31N3O3S/c1-6-19-21(23(29)30-5)22(17-9-7-8-16(4)12-17)27-18(14-31-24(27)26-19)13-20(28)25-11-10-15(2)3/h7-9,12,14-15,22H,6,10-11,13H2,1-5H3,(H,25,28)/t22-/m0/s1. The molecule has 1 aromatic rings. The van der Waals surface area contributed by atoms with Crippen LogP contribution in [0.1, 0.15) is 57.2 Å². The molecule has 0 aromatic heterocycles. The summed E-state index contributed by atoms with van der Waals surface area (Å²) in [7, 11) is 1.40. The first-order valence-electron chi connectivity index (χ1n) is 10.7. The molecule has 0 bridgehead atoms. The Morgan fingerprint density at radius 3 is 2.74 bits per heavy atom. The summed E-state index contributed by atoms with van der Waals surface area (Å²) in [6.07, 6.45) is 1.80. The van der Waals surface area contributed by atoms with Gasteiger partial charge < -0.3 is 15.0 Å². The highest BCUT2D eigenvalue weighted by molar-refractivity contribution is 8.16. The summed E-state index contributed by atoms with van der Waals surface area (Å²) in [6, 6.07) is 7.73. The third-order valence-electron chi connectivity index (χ3n) is 5.37. The fraction of sp³-hybridized carbons (Fsp3) is 0.458. The number of hydrogen-bond donors (Lipinski definition) is 1. The van der Waals surface area contributed by atoms with Crippen LogP contribution in [0.2, 0.25) is 0 Å². The Bertz CT molecular complexity index is 949. The average Bonchev–Trinajstić information content (AvgIpc) is 3.13. The monoisotopic (exact) mass is 441 g/mol. The first kappa shape index (κ1) is 23.1. The number of ether oxygens (including phenoxy) is 1. The zero-order valence-electron chi connectivity index (χ0n) is 18.9. The van der Waals surface area contributed by atoms with Crippen LogP contribution in [0.4, 0.5) is 0 Å². The Hall–Kier alpha value is -2.54. The minimum Gasteiger partial charge on any atom is -0.466 e. The molecule has 0 saturated carbocycles. The zero-order valence-corrected chi connectivity index (χ0v) is 19.7. The molecule has 0 unspecified atom stereocenters. The van der Waals surface area contributed by atoms with E-state index in [1.165, 1.54) is 18.9 Å². The van der Waals surface area contributed by atoms with Crippen molar-refractivity contribution >= 4 is 28.8 Å². The van der Waals surface area contributed by atoms with Gasteiger partial charge in [-0.3, -0.25) is 4.79 Å². The minimum atomic E-state index is -0.385. The smallest absolute Gasteiger partial charge is 0.338 e. The number of allylic oxidation sites excluding steroid dienone is 1. The predicted molar refractivity (Wildman–Crippen MR) is 125 cm³/mol. The largest absolute Gasteiger partial charge is 0.466 e. The molecule has 0 saturated heterocycles. The number of amidine groups is 1. The van der Waals surface area contributed by atoms with Crippen LogP contribution in [0.15, 0.2) is 51.6 Å². The number of benzene rings is 1. The third kappa shape index (κ3) is 5.21. The Morgan fingerprint density at radius 1 is 1.32 bits per heavy atom. The van der Waals surface area contributed by atoms with Crippen LogP contribution in [0, 0.1) is 12.8 Å². The third-order valence-corrected chi connectivity index (χ3v) is 6.26. The lowest BCUT2D eigenvalue weighted by Crippen LogP contribution is -2.38. The lowest BCUT2D eigenvalue weighted by atomic mass is 9.92. The number of rotatable bonds is 8. The van der Waals surface area contributed by atoms with Gasteiger partial charge in [0.2, 0.25) is 5.91 Å². The number of carbonyl (C=O) groups excluding carboxylic acids is 2. The number of nitrogens with zero attached hydrogens (tertiary/aromatic N) is 2. The Balaban J connectivity index is 1.95. The van der Waals surface area contributed by atoms with E-state index in [-0.39, 0.29) is 24.3 Å². The van der Waals surface area contributed by atoms with Crippen LogP contribution in [0.5, 0.6) is 0 Å². The fourth-order valence-corrected chi connectivity index (χ4v) is 4.73. The number of methoxy groups -OCH3 is 1. The summed E-state index contributed by atoms with van der Waals surface area (Å²) in [4.78, 5) is 32.2. The predicted octanol–water partition coefficient (Wildman–Crippen LogP) is 4.69. The molecule has 31 heavy (non-hydrogen) atoms. The van der Waals surface area contributed by atoms with E-state index in [4.69, 9.17) is 9.73 Å². The average molecular weight is 442 g/mol. The molecule has 166 valence electrons. The van der Waals surface area contributed by atoms with Crippen LogP contribution in [0.3, 0.4) is 0 Å². The first-order valence-corrected chi connectivity index (χ1v) is 11.6. The highest BCUT2D eigenvalue weighted by atomic mass is 32.2. The van der Waals surface area contributed by atoms with Crippen LogP contribution in [-0.2, 0) is 14.3 Å². The van der Waals surface area contributed by atoms with Gasteiger partial charge in [-0.05, 0) is 36.7 Å². The van der Waals surface area contributed by atoms with E-state index in [0.29, 0.717) is 24.5 Å². The summed E-state index contributed by atoms with van der Waals surface area (Å²) in [5.74, 6) is 0.124. The molecule has 0 radical (unpaired) electrons. The van der Waals surface area contributed by atoms with Gasteiger partial charge in [0.1, 0.15) is 0 Å². The van der Waals surface area contributed by atoms with Crippen molar-refractivity contribution in [1.82, 2.24) is 10.2 Å². The molecule has 1 aromatic carbocycles. The number of aliphatic imine (C=N–C) groups is 1. The maximum atomic E-state index is 12.8. The molecule has 0 spiro atoms. The van der Waals surface area contributed by atoms with Gasteiger partial charge in [0.05, 0.1) is 30.8 Å². The number of nitrogens with one attached hydrogen (secondary N) is 1. The lowest BCUT2D eigenvalue weighted by Gasteiger charge is -2.36. The number of carbonyl (C=O) groups is 2. The molecule has 2 heterocycles. The van der Waals surface area contributed by atoms with Crippen molar-refractivity contribution in [2.45, 2.75) is 53.0 Å². The molecule has 0 fully saturated rings. The molecule has 1 amide bonds. The van der Waals surface area contributed by atoms with E-state index in [2.05, 4.69) is 25.2 Å². The van der Waals surface area contributed by atoms with Crippen molar-refractivity contribution < 1.29 is 14.3 Å². The fourth-order valence-electron chi connectivity index (χ4n) is 3.80. The molecule has 1 atom stereocenters. The molecular weight excluding hydrogens is 410 g/mol. The van der Waals surface area contributed by atoms with Gasteiger partial charge in [0.25, 0.3) is 0 Å². The van der Waals surface area contributed by atoms with Crippen molar-refractivity contribution in [2.24, 2.45) is 10.9 Å². The van der Waals surface area contributed by atoms with Gasteiger partial charge in [-0.25, -0.2) is 9.79 Å². The number of fused-ring (bicyclic) bond motifs is 1. The Labute approximate surface area is 188 Å². The van der Waals surface area contributed by atoms with Gasteiger partial charge in [-0.1, -0.05) is 62.4 Å². The normalized spacial score (nSPS) is 18.0. The van der Waals surface area contributed by atoms with E-state index in [1.54, 1.807) is 0 Å². The number of amides is 1. The number of esters is 1. The van der Waals surface area contributed by atoms with Crippen LogP contribution >= 0.6 is 11.8 Å². The van der Waals surface area contributed by atoms with Gasteiger partial charge in [0.15, 0.2) is 5.17 Å². The van der Waals surface area contributed by atoms with Crippen molar-refractivity contribution in [3.05, 3.63) is 57.8 Å². The highest BCUT2D eigenvalue weighted by Crippen LogP contribution is 2.45. The summed E-state index contributed by atoms with van der Waals surface area (Å²) in [5, 5.41) is 5.77. The molecule has 7 heteroatoms. The molecule has 1 N–H and O–H groups in total. The van der Waals surface area contributed by atoms with Gasteiger partial charge in [-0.2, -0.15) is 0 Å². The minimum absolute atomic E-state index is 0.0263. The zero-order chi connectivity index (χ0) is 22.5. The Morgan fingerprint density at radius 2 is 2.10 bits per heavy atom. The summed E-state index contributed by atoms with van der Waals surface area (Å²) >= 11 is 1.50. The highest BCUT2D eigenvalue weighted by Gasteiger charge is 2.41. The second-order valence-corrected chi connectivity index (χ2v) is 9.06. The molecule has 2 aliphatic rings. The molecule has 3 rings (SSSR count). The number of aryl methyl sites for hydroxylation is 1. The summed E-state index contributed by atoms with van der Waals surface area (Å²) in [6.45, 7) is 8.95. The van der Waals surface area contributed by atoms with Crippen LogP contribution in [-0.4, -0.2) is 35.6 Å². The molecular formula is C24H31N3O3S. The van der Waals surface area contributed by atoms with E-state index < -0.39 is 0 Å². The second-order valence-electron chi connectivity index (χ2n) is 8.22. The van der Waals surface area contributed by atoms with Gasteiger partial charge >= 0.3 is 5.97 Å².